The van der Waals surface area contributed by atoms with Crippen molar-refractivity contribution >= 4 is 34.2 Å². The Morgan fingerprint density at radius 1 is 1.26 bits per heavy atom. The molecule has 140 valence electrons. The van der Waals surface area contributed by atoms with Crippen LogP contribution in [0.2, 0.25) is 5.02 Å². The fraction of sp³-hybridized carbons (Fsp3) is 0.222. The van der Waals surface area contributed by atoms with Gasteiger partial charge in [-0.05, 0) is 43.7 Å². The van der Waals surface area contributed by atoms with Crippen molar-refractivity contribution < 1.29 is 9.18 Å². The number of amides is 1. The van der Waals surface area contributed by atoms with E-state index in [2.05, 4.69) is 10.3 Å². The van der Waals surface area contributed by atoms with Gasteiger partial charge in [0.15, 0.2) is 0 Å². The molecule has 2 aromatic heterocycles. The molecule has 0 aliphatic heterocycles. The van der Waals surface area contributed by atoms with Gasteiger partial charge in [0.2, 0.25) is 5.91 Å². The van der Waals surface area contributed by atoms with E-state index in [4.69, 9.17) is 11.6 Å². The largest absolute Gasteiger partial charge is 0.332 e. The average molecular weight is 391 g/mol. The summed E-state index contributed by atoms with van der Waals surface area (Å²) < 4.78 is 15.3. The second-order valence-electron chi connectivity index (χ2n) is 6.19. The highest BCUT2D eigenvalue weighted by Gasteiger charge is 2.17. The Kier molecular flexibility index (Phi) is 4.84. The van der Waals surface area contributed by atoms with Crippen molar-refractivity contribution in [1.29, 1.82) is 0 Å². The standard InChI is InChI=1S/C18H16ClFN4O3/c1-9-6-10(2)21-16-15(9)17(26)24(18(27)23(16)3)8-14(25)22-11-4-5-13(20)12(19)7-11/h4-7H,8H2,1-3H3,(H,22,25). The summed E-state index contributed by atoms with van der Waals surface area (Å²) in [6.45, 7) is 3.02. The fourth-order valence-corrected chi connectivity index (χ4v) is 3.06. The predicted octanol–water partition coefficient (Wildman–Crippen LogP) is 2.14. The molecule has 0 bridgehead atoms. The smallest absolute Gasteiger partial charge is 0.324 e. The molecular weight excluding hydrogens is 375 g/mol. The Morgan fingerprint density at radius 3 is 2.63 bits per heavy atom. The van der Waals surface area contributed by atoms with E-state index >= 15 is 0 Å². The number of carbonyl (C=O) groups excluding carboxylic acids is 1. The van der Waals surface area contributed by atoms with Crippen LogP contribution in [0.3, 0.4) is 0 Å². The van der Waals surface area contributed by atoms with Crippen LogP contribution in [0.5, 0.6) is 0 Å². The molecule has 1 aromatic carbocycles. The third-order valence-corrected chi connectivity index (χ3v) is 4.41. The Bertz CT molecular complexity index is 1200. The van der Waals surface area contributed by atoms with E-state index in [0.717, 1.165) is 10.6 Å². The number of carbonyl (C=O) groups is 1. The lowest BCUT2D eigenvalue weighted by molar-refractivity contribution is -0.116. The van der Waals surface area contributed by atoms with Crippen molar-refractivity contribution in [2.45, 2.75) is 20.4 Å². The minimum absolute atomic E-state index is 0.149. The van der Waals surface area contributed by atoms with Gasteiger partial charge in [-0.15, -0.1) is 0 Å². The number of rotatable bonds is 3. The number of anilines is 1. The van der Waals surface area contributed by atoms with Crippen molar-refractivity contribution in [3.8, 4) is 0 Å². The van der Waals surface area contributed by atoms with Crippen LogP contribution >= 0.6 is 11.6 Å². The Hall–Kier alpha value is -3.00. The third-order valence-electron chi connectivity index (χ3n) is 4.13. The summed E-state index contributed by atoms with van der Waals surface area (Å²) in [5.74, 6) is -1.23. The van der Waals surface area contributed by atoms with Crippen LogP contribution in [-0.4, -0.2) is 20.0 Å². The first-order chi connectivity index (χ1) is 12.7. The van der Waals surface area contributed by atoms with E-state index < -0.39 is 29.5 Å². The molecule has 0 saturated carbocycles. The second kappa shape index (κ2) is 6.96. The van der Waals surface area contributed by atoms with E-state index in [1.165, 1.54) is 23.7 Å². The first kappa shape index (κ1) is 18.8. The van der Waals surface area contributed by atoms with Crippen LogP contribution in [-0.2, 0) is 18.4 Å². The molecule has 0 spiro atoms. The SMILES string of the molecule is Cc1cc(C)c2c(=O)n(CC(=O)Nc3ccc(F)c(Cl)c3)c(=O)n(C)c2n1. The third kappa shape index (κ3) is 3.48. The van der Waals surface area contributed by atoms with Crippen molar-refractivity contribution in [2.24, 2.45) is 7.05 Å². The van der Waals surface area contributed by atoms with E-state index in [-0.39, 0.29) is 21.7 Å². The molecule has 0 atom stereocenters. The van der Waals surface area contributed by atoms with Crippen molar-refractivity contribution in [3.05, 3.63) is 67.2 Å². The summed E-state index contributed by atoms with van der Waals surface area (Å²) in [5, 5.41) is 2.62. The zero-order valence-electron chi connectivity index (χ0n) is 14.8. The van der Waals surface area contributed by atoms with Gasteiger partial charge in [-0.2, -0.15) is 0 Å². The molecule has 0 radical (unpaired) electrons. The van der Waals surface area contributed by atoms with Crippen molar-refractivity contribution in [3.63, 3.8) is 0 Å². The lowest BCUT2D eigenvalue weighted by Crippen LogP contribution is -2.42. The average Bonchev–Trinajstić information content (AvgIpc) is 2.59. The molecule has 1 N–H and O–H groups in total. The molecular formula is C18H16ClFN4O3. The zero-order chi connectivity index (χ0) is 19.9. The van der Waals surface area contributed by atoms with Gasteiger partial charge < -0.3 is 5.32 Å². The maximum atomic E-state index is 13.2. The Balaban J connectivity index is 2.02. The van der Waals surface area contributed by atoms with E-state index in [1.54, 1.807) is 19.9 Å². The van der Waals surface area contributed by atoms with Crippen molar-refractivity contribution in [2.75, 3.05) is 5.32 Å². The molecule has 9 heteroatoms. The first-order valence-electron chi connectivity index (χ1n) is 8.01. The molecule has 2 heterocycles. The number of hydrogen-bond acceptors (Lipinski definition) is 4. The number of halogens is 2. The predicted molar refractivity (Wildman–Crippen MR) is 101 cm³/mol. The van der Waals surface area contributed by atoms with Gasteiger partial charge >= 0.3 is 5.69 Å². The lowest BCUT2D eigenvalue weighted by atomic mass is 10.2. The molecule has 3 rings (SSSR count). The summed E-state index contributed by atoms with van der Waals surface area (Å²) in [6, 6.07) is 5.42. The summed E-state index contributed by atoms with van der Waals surface area (Å²) >= 11 is 5.68. The highest BCUT2D eigenvalue weighted by Crippen LogP contribution is 2.19. The monoisotopic (exact) mass is 390 g/mol. The summed E-state index contributed by atoms with van der Waals surface area (Å²) in [4.78, 5) is 41.9. The highest BCUT2D eigenvalue weighted by atomic mass is 35.5. The number of nitrogens with one attached hydrogen (secondary N) is 1. The van der Waals surface area contributed by atoms with Gasteiger partial charge in [-0.3, -0.25) is 18.7 Å². The van der Waals surface area contributed by atoms with Crippen LogP contribution in [0.1, 0.15) is 11.3 Å². The maximum Gasteiger partial charge on any atom is 0.332 e. The molecule has 1 amide bonds. The highest BCUT2D eigenvalue weighted by molar-refractivity contribution is 6.31. The molecule has 0 unspecified atom stereocenters. The lowest BCUT2D eigenvalue weighted by Gasteiger charge is -2.12. The molecule has 3 aromatic rings. The molecule has 0 aliphatic rings. The number of aryl methyl sites for hydroxylation is 3. The van der Waals surface area contributed by atoms with E-state index in [0.29, 0.717) is 11.3 Å². The van der Waals surface area contributed by atoms with Gasteiger partial charge in [0.1, 0.15) is 18.0 Å². The van der Waals surface area contributed by atoms with Gasteiger partial charge in [0, 0.05) is 18.4 Å². The van der Waals surface area contributed by atoms with Crippen LogP contribution in [0.4, 0.5) is 10.1 Å². The summed E-state index contributed by atoms with van der Waals surface area (Å²) in [7, 11) is 1.49. The number of aromatic nitrogens is 3. The van der Waals surface area contributed by atoms with Gasteiger partial charge in [0.25, 0.3) is 5.56 Å². The molecule has 27 heavy (non-hydrogen) atoms. The topological polar surface area (TPSA) is 86.0 Å². The molecule has 0 fully saturated rings. The number of fused-ring (bicyclic) bond motifs is 1. The van der Waals surface area contributed by atoms with Gasteiger partial charge in [0.05, 0.1) is 10.4 Å². The quantitative estimate of drug-likeness (QED) is 0.742. The maximum absolute atomic E-state index is 13.2. The summed E-state index contributed by atoms with van der Waals surface area (Å²) in [5.41, 5.74) is 0.619. The normalized spacial score (nSPS) is 11.0. The fourth-order valence-electron chi connectivity index (χ4n) is 2.88. The van der Waals surface area contributed by atoms with Crippen molar-refractivity contribution in [1.82, 2.24) is 14.1 Å². The first-order valence-corrected chi connectivity index (χ1v) is 8.39. The van der Waals surface area contributed by atoms with Crippen LogP contribution < -0.4 is 16.6 Å². The molecule has 7 nitrogen and oxygen atoms in total. The van der Waals surface area contributed by atoms with E-state index in [9.17, 15) is 18.8 Å². The number of pyridine rings is 1. The van der Waals surface area contributed by atoms with Crippen LogP contribution in [0.15, 0.2) is 33.9 Å². The Labute approximate surface area is 158 Å². The molecule has 0 aliphatic carbocycles. The minimum atomic E-state index is -0.655. The number of benzene rings is 1. The van der Waals surface area contributed by atoms with Gasteiger partial charge in [-0.1, -0.05) is 11.6 Å². The minimum Gasteiger partial charge on any atom is -0.324 e. The number of nitrogens with zero attached hydrogens (tertiary/aromatic N) is 3. The Morgan fingerprint density at radius 2 is 1.96 bits per heavy atom. The molecule has 0 saturated heterocycles. The van der Waals surface area contributed by atoms with E-state index in [1.807, 2.05) is 0 Å². The van der Waals surface area contributed by atoms with Crippen LogP contribution in [0, 0.1) is 19.7 Å². The number of hydrogen-bond donors (Lipinski definition) is 1. The van der Waals surface area contributed by atoms with Crippen LogP contribution in [0.25, 0.3) is 11.0 Å². The summed E-state index contributed by atoms with van der Waals surface area (Å²) in [6.07, 6.45) is 0. The second-order valence-corrected chi connectivity index (χ2v) is 6.60. The zero-order valence-corrected chi connectivity index (χ0v) is 15.6. The van der Waals surface area contributed by atoms with Gasteiger partial charge in [-0.25, -0.2) is 14.2 Å².